The molecule has 1 aromatic rings. The number of carbonyl (C=O) groups excluding carboxylic acids is 1. The molecule has 2 unspecified atom stereocenters. The Kier molecular flexibility index (Phi) is 5.98. The minimum absolute atomic E-state index is 0.117. The minimum atomic E-state index is -1.12. The highest BCUT2D eigenvalue weighted by molar-refractivity contribution is 5.81. The normalized spacial score (nSPS) is 13.6. The third-order valence-electron chi connectivity index (χ3n) is 2.56. The number of nitrogens with two attached hydrogens (primary N) is 1. The smallest absolute Gasteiger partial charge is 0.306 e. The van der Waals surface area contributed by atoms with Crippen molar-refractivity contribution in [2.24, 2.45) is 5.73 Å². The van der Waals surface area contributed by atoms with Gasteiger partial charge in [0.1, 0.15) is 0 Å². The molecule has 0 radical (unpaired) electrons. The first-order valence-corrected chi connectivity index (χ1v) is 5.96. The van der Waals surface area contributed by atoms with Crippen molar-refractivity contribution < 1.29 is 19.8 Å². The van der Waals surface area contributed by atoms with Gasteiger partial charge in [0.25, 0.3) is 0 Å². The molecule has 0 aliphatic carbocycles. The fourth-order valence-corrected chi connectivity index (χ4v) is 1.58. The van der Waals surface area contributed by atoms with Crippen LogP contribution < -0.4 is 11.1 Å². The fourth-order valence-electron chi connectivity index (χ4n) is 1.58. The molecule has 19 heavy (non-hydrogen) atoms. The average molecular weight is 266 g/mol. The second kappa shape index (κ2) is 7.50. The number of hydrogen-bond acceptors (Lipinski definition) is 4. The lowest BCUT2D eigenvalue weighted by Crippen LogP contribution is -2.44. The number of aliphatic hydroxyl groups excluding tert-OH is 1. The zero-order valence-corrected chi connectivity index (χ0v) is 10.5. The van der Waals surface area contributed by atoms with E-state index in [1.165, 1.54) is 0 Å². The molecule has 1 rings (SSSR count). The van der Waals surface area contributed by atoms with Crippen LogP contribution in [0.25, 0.3) is 0 Å². The van der Waals surface area contributed by atoms with Crippen LogP contribution in [0.1, 0.15) is 12.0 Å². The first-order chi connectivity index (χ1) is 8.99. The van der Waals surface area contributed by atoms with Crippen LogP contribution in [0.5, 0.6) is 0 Å². The number of benzene rings is 1. The summed E-state index contributed by atoms with van der Waals surface area (Å²) in [5.74, 6) is -1.52. The molecule has 6 heteroatoms. The first kappa shape index (κ1) is 15.1. The van der Waals surface area contributed by atoms with Gasteiger partial charge in [0, 0.05) is 6.54 Å². The van der Waals surface area contributed by atoms with Gasteiger partial charge in [0.05, 0.1) is 18.6 Å². The Hall–Kier alpha value is -1.92. The molecule has 0 saturated heterocycles. The molecule has 0 aromatic heterocycles. The van der Waals surface area contributed by atoms with Crippen LogP contribution in [0.3, 0.4) is 0 Å². The summed E-state index contributed by atoms with van der Waals surface area (Å²) in [4.78, 5) is 22.0. The molecule has 104 valence electrons. The van der Waals surface area contributed by atoms with E-state index in [-0.39, 0.29) is 6.54 Å². The zero-order chi connectivity index (χ0) is 14.3. The van der Waals surface area contributed by atoms with E-state index in [1.54, 1.807) is 0 Å². The summed E-state index contributed by atoms with van der Waals surface area (Å²) in [7, 11) is 0. The summed E-state index contributed by atoms with van der Waals surface area (Å²) in [6, 6.07) is 8.60. The van der Waals surface area contributed by atoms with Crippen LogP contribution >= 0.6 is 0 Å². The van der Waals surface area contributed by atoms with E-state index in [4.69, 9.17) is 10.8 Å². The number of nitrogens with one attached hydrogen (secondary N) is 1. The third-order valence-corrected chi connectivity index (χ3v) is 2.56. The Bertz CT molecular complexity index is 422. The molecule has 1 amide bonds. The lowest BCUT2D eigenvalue weighted by atomic mass is 10.1. The SMILES string of the molecule is NC(Cc1ccccc1)C(=O)NCC(O)CC(=O)O. The quantitative estimate of drug-likeness (QED) is 0.532. The second-order valence-corrected chi connectivity index (χ2v) is 4.29. The van der Waals surface area contributed by atoms with Crippen LogP contribution in [0, 0.1) is 0 Å². The van der Waals surface area contributed by atoms with E-state index >= 15 is 0 Å². The maximum absolute atomic E-state index is 11.6. The van der Waals surface area contributed by atoms with Crippen LogP contribution in [0.15, 0.2) is 30.3 Å². The number of carbonyl (C=O) groups is 2. The van der Waals surface area contributed by atoms with Gasteiger partial charge in [-0.25, -0.2) is 0 Å². The maximum Gasteiger partial charge on any atom is 0.306 e. The molecule has 0 bridgehead atoms. The van der Waals surface area contributed by atoms with Gasteiger partial charge in [-0.3, -0.25) is 9.59 Å². The molecule has 1 aromatic carbocycles. The number of aliphatic carboxylic acids is 1. The average Bonchev–Trinajstić information content (AvgIpc) is 2.36. The lowest BCUT2D eigenvalue weighted by molar-refractivity contribution is -0.139. The second-order valence-electron chi connectivity index (χ2n) is 4.29. The highest BCUT2D eigenvalue weighted by Crippen LogP contribution is 2.02. The molecule has 0 heterocycles. The molecule has 0 aliphatic heterocycles. The molecule has 2 atom stereocenters. The van der Waals surface area contributed by atoms with Crippen molar-refractivity contribution in [1.29, 1.82) is 0 Å². The summed E-state index contributed by atoms with van der Waals surface area (Å²) in [6.07, 6.45) is -1.12. The molecular formula is C13H18N2O4. The molecular weight excluding hydrogens is 248 g/mol. The minimum Gasteiger partial charge on any atom is -0.481 e. The Morgan fingerprint density at radius 2 is 1.89 bits per heavy atom. The van der Waals surface area contributed by atoms with Crippen molar-refractivity contribution in [1.82, 2.24) is 5.32 Å². The molecule has 0 saturated carbocycles. The van der Waals surface area contributed by atoms with E-state index in [0.29, 0.717) is 6.42 Å². The third kappa shape index (κ3) is 5.98. The summed E-state index contributed by atoms with van der Waals surface area (Å²) in [6.45, 7) is -0.117. The summed E-state index contributed by atoms with van der Waals surface area (Å²) >= 11 is 0. The van der Waals surface area contributed by atoms with Crippen molar-refractivity contribution in [2.75, 3.05) is 6.54 Å². The Labute approximate surface area is 111 Å². The predicted molar refractivity (Wildman–Crippen MR) is 69.4 cm³/mol. The fraction of sp³-hybridized carbons (Fsp3) is 0.385. The topological polar surface area (TPSA) is 113 Å². The first-order valence-electron chi connectivity index (χ1n) is 5.96. The van der Waals surface area contributed by atoms with Gasteiger partial charge in [-0.05, 0) is 12.0 Å². The number of rotatable bonds is 7. The summed E-state index contributed by atoms with van der Waals surface area (Å²) < 4.78 is 0. The molecule has 5 N–H and O–H groups in total. The van der Waals surface area contributed by atoms with Gasteiger partial charge >= 0.3 is 5.97 Å². The van der Waals surface area contributed by atoms with Crippen molar-refractivity contribution in [3.8, 4) is 0 Å². The number of carboxylic acid groups (broad SMARTS) is 1. The Morgan fingerprint density at radius 1 is 1.26 bits per heavy atom. The van der Waals surface area contributed by atoms with E-state index in [1.807, 2.05) is 30.3 Å². The summed E-state index contributed by atoms with van der Waals surface area (Å²) in [5.41, 5.74) is 6.67. The molecule has 0 spiro atoms. The zero-order valence-electron chi connectivity index (χ0n) is 10.5. The van der Waals surface area contributed by atoms with Crippen molar-refractivity contribution in [2.45, 2.75) is 25.0 Å². The number of hydrogen-bond donors (Lipinski definition) is 4. The largest absolute Gasteiger partial charge is 0.481 e. The summed E-state index contributed by atoms with van der Waals surface area (Å²) in [5, 5.41) is 20.2. The maximum atomic E-state index is 11.6. The van der Waals surface area contributed by atoms with E-state index in [9.17, 15) is 14.7 Å². The van der Waals surface area contributed by atoms with Gasteiger partial charge in [0.2, 0.25) is 5.91 Å². The predicted octanol–water partition coefficient (Wildman–Crippen LogP) is -0.492. The number of amides is 1. The van der Waals surface area contributed by atoms with Crippen molar-refractivity contribution in [3.05, 3.63) is 35.9 Å². The van der Waals surface area contributed by atoms with E-state index in [0.717, 1.165) is 5.56 Å². The van der Waals surface area contributed by atoms with Gasteiger partial charge in [-0.1, -0.05) is 30.3 Å². The highest BCUT2D eigenvalue weighted by atomic mass is 16.4. The van der Waals surface area contributed by atoms with Gasteiger partial charge in [-0.15, -0.1) is 0 Å². The molecule has 0 aliphatic rings. The van der Waals surface area contributed by atoms with E-state index in [2.05, 4.69) is 5.32 Å². The molecule has 0 fully saturated rings. The number of carboxylic acids is 1. The lowest BCUT2D eigenvalue weighted by Gasteiger charge is -2.14. The van der Waals surface area contributed by atoms with Crippen molar-refractivity contribution >= 4 is 11.9 Å². The highest BCUT2D eigenvalue weighted by Gasteiger charge is 2.16. The Balaban J connectivity index is 2.35. The van der Waals surface area contributed by atoms with Crippen LogP contribution in [-0.2, 0) is 16.0 Å². The van der Waals surface area contributed by atoms with Crippen LogP contribution in [-0.4, -0.2) is 40.8 Å². The number of aliphatic hydroxyl groups is 1. The monoisotopic (exact) mass is 266 g/mol. The van der Waals surface area contributed by atoms with Gasteiger partial charge < -0.3 is 21.3 Å². The van der Waals surface area contributed by atoms with Crippen LogP contribution in [0.4, 0.5) is 0 Å². The van der Waals surface area contributed by atoms with E-state index < -0.39 is 30.4 Å². The van der Waals surface area contributed by atoms with Gasteiger partial charge in [0.15, 0.2) is 0 Å². The van der Waals surface area contributed by atoms with Crippen LogP contribution in [0.2, 0.25) is 0 Å². The standard InChI is InChI=1S/C13H18N2O4/c14-11(6-9-4-2-1-3-5-9)13(19)15-8-10(16)7-12(17)18/h1-5,10-11,16H,6-8,14H2,(H,15,19)(H,17,18). The molecule has 6 nitrogen and oxygen atoms in total. The Morgan fingerprint density at radius 3 is 2.47 bits per heavy atom. The van der Waals surface area contributed by atoms with Gasteiger partial charge in [-0.2, -0.15) is 0 Å². The van der Waals surface area contributed by atoms with Crippen molar-refractivity contribution in [3.63, 3.8) is 0 Å².